The number of benzene rings is 2. The Morgan fingerprint density at radius 1 is 1.24 bits per heavy atom. The van der Waals surface area contributed by atoms with Gasteiger partial charge in [-0.25, -0.2) is 9.18 Å². The molecular weight excluding hydrogens is 321 g/mol. The van der Waals surface area contributed by atoms with Crippen LogP contribution in [0, 0.1) is 12.7 Å². The zero-order valence-corrected chi connectivity index (χ0v) is 14.2. The van der Waals surface area contributed by atoms with E-state index in [2.05, 4.69) is 16.0 Å². The number of hydrogen-bond donors (Lipinski definition) is 3. The van der Waals surface area contributed by atoms with E-state index in [1.54, 1.807) is 19.1 Å². The van der Waals surface area contributed by atoms with Crippen LogP contribution in [0.15, 0.2) is 36.4 Å². The van der Waals surface area contributed by atoms with E-state index in [9.17, 15) is 14.0 Å². The van der Waals surface area contributed by atoms with Crippen LogP contribution >= 0.6 is 0 Å². The van der Waals surface area contributed by atoms with Crippen molar-refractivity contribution in [1.29, 1.82) is 0 Å². The molecule has 1 aliphatic heterocycles. The molecule has 0 radical (unpaired) electrons. The first kappa shape index (κ1) is 17.0. The summed E-state index contributed by atoms with van der Waals surface area (Å²) in [5, 5.41) is 8.21. The second kappa shape index (κ2) is 6.93. The van der Waals surface area contributed by atoms with Gasteiger partial charge >= 0.3 is 6.03 Å². The SMILES string of the molecule is Cc1cccc(F)c1NC(=O)N[C@H](C)c1ccc2c(c1)CCC(=O)N2. The van der Waals surface area contributed by atoms with E-state index in [1.165, 1.54) is 6.07 Å². The Balaban J connectivity index is 1.69. The van der Waals surface area contributed by atoms with E-state index >= 15 is 0 Å². The molecule has 3 rings (SSSR count). The summed E-state index contributed by atoms with van der Waals surface area (Å²) in [7, 11) is 0. The molecule has 6 heteroatoms. The van der Waals surface area contributed by atoms with Crippen molar-refractivity contribution in [2.24, 2.45) is 0 Å². The van der Waals surface area contributed by atoms with Crippen molar-refractivity contribution in [2.45, 2.75) is 32.7 Å². The van der Waals surface area contributed by atoms with Crippen molar-refractivity contribution < 1.29 is 14.0 Å². The van der Waals surface area contributed by atoms with Gasteiger partial charge in [0.1, 0.15) is 5.82 Å². The summed E-state index contributed by atoms with van der Waals surface area (Å²) in [6.07, 6.45) is 1.15. The largest absolute Gasteiger partial charge is 0.331 e. The fourth-order valence-corrected chi connectivity index (χ4v) is 2.89. The lowest BCUT2D eigenvalue weighted by molar-refractivity contribution is -0.116. The predicted molar refractivity (Wildman–Crippen MR) is 95.1 cm³/mol. The third-order valence-electron chi connectivity index (χ3n) is 4.33. The summed E-state index contributed by atoms with van der Waals surface area (Å²) in [5.41, 5.74) is 3.64. The second-order valence-electron chi connectivity index (χ2n) is 6.22. The van der Waals surface area contributed by atoms with Crippen LogP contribution in [0.3, 0.4) is 0 Å². The van der Waals surface area contributed by atoms with Crippen molar-refractivity contribution in [3.8, 4) is 0 Å². The average Bonchev–Trinajstić information content (AvgIpc) is 2.57. The maximum absolute atomic E-state index is 13.8. The molecule has 2 aromatic carbocycles. The molecule has 1 atom stereocenters. The van der Waals surface area contributed by atoms with Crippen LogP contribution in [0.25, 0.3) is 0 Å². The molecule has 3 amide bonds. The first-order valence-corrected chi connectivity index (χ1v) is 8.19. The molecule has 0 spiro atoms. The molecule has 1 aliphatic rings. The van der Waals surface area contributed by atoms with Gasteiger partial charge in [0, 0.05) is 12.1 Å². The number of nitrogens with one attached hydrogen (secondary N) is 3. The molecule has 130 valence electrons. The van der Waals surface area contributed by atoms with E-state index in [4.69, 9.17) is 0 Å². The highest BCUT2D eigenvalue weighted by molar-refractivity contribution is 5.94. The minimum absolute atomic E-state index is 0.0195. The van der Waals surface area contributed by atoms with Gasteiger partial charge in [-0.1, -0.05) is 24.3 Å². The summed E-state index contributed by atoms with van der Waals surface area (Å²) >= 11 is 0. The third kappa shape index (κ3) is 3.79. The van der Waals surface area contributed by atoms with Gasteiger partial charge in [-0.3, -0.25) is 4.79 Å². The lowest BCUT2D eigenvalue weighted by Gasteiger charge is -2.21. The monoisotopic (exact) mass is 341 g/mol. The Hall–Kier alpha value is -2.89. The van der Waals surface area contributed by atoms with Crippen LogP contribution in [0.1, 0.15) is 36.1 Å². The minimum atomic E-state index is -0.466. The summed E-state index contributed by atoms with van der Waals surface area (Å²) in [4.78, 5) is 23.6. The third-order valence-corrected chi connectivity index (χ3v) is 4.33. The van der Waals surface area contributed by atoms with Crippen LogP contribution in [0.2, 0.25) is 0 Å². The lowest BCUT2D eigenvalue weighted by atomic mass is 9.98. The fourth-order valence-electron chi connectivity index (χ4n) is 2.89. The molecule has 0 aromatic heterocycles. The number of anilines is 2. The van der Waals surface area contributed by atoms with Crippen LogP contribution < -0.4 is 16.0 Å². The molecule has 0 bridgehead atoms. The average molecular weight is 341 g/mol. The number of para-hydroxylation sites is 1. The number of hydrogen-bond acceptors (Lipinski definition) is 2. The summed E-state index contributed by atoms with van der Waals surface area (Å²) in [5.74, 6) is -0.446. The molecule has 0 unspecified atom stereocenters. The second-order valence-corrected chi connectivity index (χ2v) is 6.22. The molecule has 1 heterocycles. The molecule has 25 heavy (non-hydrogen) atoms. The van der Waals surface area contributed by atoms with Crippen molar-refractivity contribution in [3.05, 3.63) is 58.9 Å². The van der Waals surface area contributed by atoms with Crippen molar-refractivity contribution >= 4 is 23.3 Å². The Morgan fingerprint density at radius 2 is 2.04 bits per heavy atom. The standard InChI is InChI=1S/C19H20FN3O2/c1-11-4-3-5-15(20)18(11)23-19(25)21-12(2)13-6-8-16-14(10-13)7-9-17(24)22-16/h3-6,8,10,12H,7,9H2,1-2H3,(H,22,24)(H2,21,23,25)/t12-/m1/s1. The first-order valence-electron chi connectivity index (χ1n) is 8.19. The van der Waals surface area contributed by atoms with E-state index in [1.807, 2.05) is 25.1 Å². The van der Waals surface area contributed by atoms with Crippen molar-refractivity contribution in [3.63, 3.8) is 0 Å². The van der Waals surface area contributed by atoms with Gasteiger partial charge in [0.2, 0.25) is 5.91 Å². The smallest absolute Gasteiger partial charge is 0.319 e. The van der Waals surface area contributed by atoms with E-state index in [0.29, 0.717) is 18.4 Å². The minimum Gasteiger partial charge on any atom is -0.331 e. The zero-order chi connectivity index (χ0) is 18.0. The van der Waals surface area contributed by atoms with Gasteiger partial charge in [0.15, 0.2) is 0 Å². The topological polar surface area (TPSA) is 70.2 Å². The summed E-state index contributed by atoms with van der Waals surface area (Å²) < 4.78 is 13.8. The number of aryl methyl sites for hydroxylation is 2. The van der Waals surface area contributed by atoms with Gasteiger partial charge in [0.25, 0.3) is 0 Å². The number of halogens is 1. The van der Waals surface area contributed by atoms with Crippen molar-refractivity contribution in [2.75, 3.05) is 10.6 Å². The van der Waals surface area contributed by atoms with E-state index < -0.39 is 11.8 Å². The highest BCUT2D eigenvalue weighted by Gasteiger charge is 2.17. The van der Waals surface area contributed by atoms with Gasteiger partial charge in [0.05, 0.1) is 11.7 Å². The first-order chi connectivity index (χ1) is 11.9. The lowest BCUT2D eigenvalue weighted by Crippen LogP contribution is -2.32. The van der Waals surface area contributed by atoms with Gasteiger partial charge in [-0.15, -0.1) is 0 Å². The highest BCUT2D eigenvalue weighted by Crippen LogP contribution is 2.26. The van der Waals surface area contributed by atoms with Gasteiger partial charge in [-0.05, 0) is 49.1 Å². The fraction of sp³-hybridized carbons (Fsp3) is 0.263. The maximum Gasteiger partial charge on any atom is 0.319 e. The molecule has 5 nitrogen and oxygen atoms in total. The number of urea groups is 1. The van der Waals surface area contributed by atoms with Crippen LogP contribution in [-0.4, -0.2) is 11.9 Å². The molecular formula is C19H20FN3O2. The summed E-state index contributed by atoms with van der Waals surface area (Å²) in [6, 6.07) is 9.62. The Kier molecular flexibility index (Phi) is 4.70. The zero-order valence-electron chi connectivity index (χ0n) is 14.2. The van der Waals surface area contributed by atoms with Crippen molar-refractivity contribution in [1.82, 2.24) is 5.32 Å². The number of carbonyl (C=O) groups is 2. The predicted octanol–water partition coefficient (Wildman–Crippen LogP) is 3.90. The van der Waals surface area contributed by atoms with Crippen LogP contribution in [-0.2, 0) is 11.2 Å². The molecule has 3 N–H and O–H groups in total. The molecule has 0 saturated heterocycles. The van der Waals surface area contributed by atoms with E-state index in [0.717, 1.165) is 16.8 Å². The molecule has 0 aliphatic carbocycles. The molecule has 0 fully saturated rings. The van der Waals surface area contributed by atoms with Gasteiger partial charge < -0.3 is 16.0 Å². The number of amides is 3. The Bertz CT molecular complexity index is 815. The number of carbonyl (C=O) groups excluding carboxylic acids is 2. The number of fused-ring (bicyclic) bond motifs is 1. The van der Waals surface area contributed by atoms with E-state index in [-0.39, 0.29) is 17.6 Å². The molecule has 0 saturated carbocycles. The van der Waals surface area contributed by atoms with Gasteiger partial charge in [-0.2, -0.15) is 0 Å². The molecule has 2 aromatic rings. The van der Waals surface area contributed by atoms with Crippen LogP contribution in [0.5, 0.6) is 0 Å². The maximum atomic E-state index is 13.8. The number of rotatable bonds is 3. The Morgan fingerprint density at radius 3 is 2.80 bits per heavy atom. The highest BCUT2D eigenvalue weighted by atomic mass is 19.1. The Labute approximate surface area is 145 Å². The van der Waals surface area contributed by atoms with Crippen LogP contribution in [0.4, 0.5) is 20.6 Å². The normalized spacial score (nSPS) is 14.3. The quantitative estimate of drug-likeness (QED) is 0.792. The summed E-state index contributed by atoms with van der Waals surface area (Å²) in [6.45, 7) is 3.59.